The first-order valence-corrected chi connectivity index (χ1v) is 9.95. The second kappa shape index (κ2) is 7.48. The van der Waals surface area contributed by atoms with Gasteiger partial charge in [0.2, 0.25) is 0 Å². The maximum atomic E-state index is 2.28. The van der Waals surface area contributed by atoms with Crippen LogP contribution in [-0.4, -0.2) is 0 Å². The molecule has 0 aliphatic heterocycles. The van der Waals surface area contributed by atoms with E-state index in [1.165, 1.54) is 54.9 Å². The molecule has 0 N–H and O–H groups in total. The first-order chi connectivity index (χ1) is 13.6. The fourth-order valence-electron chi connectivity index (χ4n) is 4.17. The minimum absolute atomic E-state index is 1.25. The molecular formula is C28H26. The summed E-state index contributed by atoms with van der Waals surface area (Å²) in [5.74, 6) is 0. The van der Waals surface area contributed by atoms with Crippen LogP contribution in [0.25, 0.3) is 44.8 Å². The third-order valence-corrected chi connectivity index (χ3v) is 5.47. The summed E-state index contributed by atoms with van der Waals surface area (Å²) in [5.41, 5.74) is 7.84. The number of allylic oxidation sites excluding steroid dienone is 2. The SMILES string of the molecule is C/C=C/c1ccc2c(-c3c(C)ccc4cc(/C=C/C)ccc34)c(C)ccc2c1. The highest BCUT2D eigenvalue weighted by atomic mass is 14.2. The quantitative estimate of drug-likeness (QED) is 0.343. The maximum Gasteiger partial charge on any atom is -0.00672 e. The van der Waals surface area contributed by atoms with Crippen LogP contribution in [0.2, 0.25) is 0 Å². The number of aryl methyl sites for hydroxylation is 2. The van der Waals surface area contributed by atoms with E-state index in [4.69, 9.17) is 0 Å². The Hall–Kier alpha value is -3.12. The Morgan fingerprint density at radius 2 is 0.964 bits per heavy atom. The summed E-state index contributed by atoms with van der Waals surface area (Å²) in [4.78, 5) is 0. The summed E-state index contributed by atoms with van der Waals surface area (Å²) in [7, 11) is 0. The van der Waals surface area contributed by atoms with Crippen LogP contribution in [0.4, 0.5) is 0 Å². The average Bonchev–Trinajstić information content (AvgIpc) is 2.69. The van der Waals surface area contributed by atoms with Crippen molar-refractivity contribution in [2.45, 2.75) is 27.7 Å². The molecule has 0 fully saturated rings. The lowest BCUT2D eigenvalue weighted by Crippen LogP contribution is -1.92. The Kier molecular flexibility index (Phi) is 4.88. The van der Waals surface area contributed by atoms with E-state index in [1.807, 2.05) is 0 Å². The predicted octanol–water partition coefficient (Wildman–Crippen LogP) is 8.34. The lowest BCUT2D eigenvalue weighted by Gasteiger charge is -2.17. The molecule has 0 heterocycles. The van der Waals surface area contributed by atoms with Gasteiger partial charge in [-0.15, -0.1) is 0 Å². The van der Waals surface area contributed by atoms with Crippen molar-refractivity contribution in [1.29, 1.82) is 0 Å². The number of rotatable bonds is 3. The normalized spacial score (nSPS) is 12.0. The third kappa shape index (κ3) is 3.16. The first kappa shape index (κ1) is 18.3. The van der Waals surface area contributed by atoms with Gasteiger partial charge in [-0.05, 0) is 94.8 Å². The van der Waals surface area contributed by atoms with Crippen LogP contribution < -0.4 is 0 Å². The van der Waals surface area contributed by atoms with Gasteiger partial charge in [-0.1, -0.05) is 72.8 Å². The predicted molar refractivity (Wildman–Crippen MR) is 126 cm³/mol. The van der Waals surface area contributed by atoms with Gasteiger partial charge in [-0.25, -0.2) is 0 Å². The number of hydrogen-bond acceptors (Lipinski definition) is 0. The van der Waals surface area contributed by atoms with Gasteiger partial charge in [-0.3, -0.25) is 0 Å². The zero-order chi connectivity index (χ0) is 19.7. The molecule has 4 rings (SSSR count). The molecular weight excluding hydrogens is 336 g/mol. The van der Waals surface area contributed by atoms with Gasteiger partial charge in [0.25, 0.3) is 0 Å². The number of hydrogen-bond donors (Lipinski definition) is 0. The molecule has 0 aliphatic carbocycles. The Labute approximate surface area is 167 Å². The minimum Gasteiger partial charge on any atom is -0.0871 e. The van der Waals surface area contributed by atoms with Crippen LogP contribution in [-0.2, 0) is 0 Å². The van der Waals surface area contributed by atoms with Crippen LogP contribution in [0.3, 0.4) is 0 Å². The fourth-order valence-corrected chi connectivity index (χ4v) is 4.17. The summed E-state index contributed by atoms with van der Waals surface area (Å²) in [6.45, 7) is 8.57. The second-order valence-corrected chi connectivity index (χ2v) is 7.48. The van der Waals surface area contributed by atoms with Crippen LogP contribution in [0.15, 0.2) is 72.8 Å². The van der Waals surface area contributed by atoms with Crippen molar-refractivity contribution in [3.05, 3.63) is 95.1 Å². The molecule has 0 nitrogen and oxygen atoms in total. The molecule has 4 aromatic rings. The van der Waals surface area contributed by atoms with E-state index in [2.05, 4.69) is 113 Å². The van der Waals surface area contributed by atoms with Crippen molar-refractivity contribution in [3.63, 3.8) is 0 Å². The maximum absolute atomic E-state index is 2.28. The number of fused-ring (bicyclic) bond motifs is 2. The van der Waals surface area contributed by atoms with Crippen molar-refractivity contribution in [2.24, 2.45) is 0 Å². The van der Waals surface area contributed by atoms with Crippen molar-refractivity contribution in [2.75, 3.05) is 0 Å². The Balaban J connectivity index is 2.05. The van der Waals surface area contributed by atoms with Crippen molar-refractivity contribution >= 4 is 33.7 Å². The molecule has 0 radical (unpaired) electrons. The van der Waals surface area contributed by atoms with Crippen molar-refractivity contribution in [1.82, 2.24) is 0 Å². The molecule has 0 heteroatoms. The van der Waals surface area contributed by atoms with E-state index < -0.39 is 0 Å². The minimum atomic E-state index is 1.25. The van der Waals surface area contributed by atoms with Gasteiger partial charge in [0.15, 0.2) is 0 Å². The molecule has 28 heavy (non-hydrogen) atoms. The Morgan fingerprint density at radius 1 is 0.536 bits per heavy atom. The number of benzene rings is 4. The van der Waals surface area contributed by atoms with Gasteiger partial charge in [0, 0.05) is 0 Å². The van der Waals surface area contributed by atoms with Gasteiger partial charge in [0.05, 0.1) is 0 Å². The smallest absolute Gasteiger partial charge is 0.00672 e. The van der Waals surface area contributed by atoms with E-state index in [0.717, 1.165) is 0 Å². The zero-order valence-electron chi connectivity index (χ0n) is 17.1. The highest BCUT2D eigenvalue weighted by Crippen LogP contribution is 2.39. The van der Waals surface area contributed by atoms with Gasteiger partial charge in [0.1, 0.15) is 0 Å². The molecule has 0 aromatic heterocycles. The van der Waals surface area contributed by atoms with E-state index >= 15 is 0 Å². The fraction of sp³-hybridized carbons (Fsp3) is 0.143. The lowest BCUT2D eigenvalue weighted by atomic mass is 9.87. The molecule has 138 valence electrons. The van der Waals surface area contributed by atoms with E-state index in [9.17, 15) is 0 Å². The molecule has 4 aromatic carbocycles. The summed E-state index contributed by atoms with van der Waals surface area (Å²) < 4.78 is 0. The summed E-state index contributed by atoms with van der Waals surface area (Å²) >= 11 is 0. The van der Waals surface area contributed by atoms with Gasteiger partial charge in [-0.2, -0.15) is 0 Å². The highest BCUT2D eigenvalue weighted by Gasteiger charge is 2.13. The molecule has 0 amide bonds. The molecule has 0 unspecified atom stereocenters. The highest BCUT2D eigenvalue weighted by molar-refractivity contribution is 6.08. The summed E-state index contributed by atoms with van der Waals surface area (Å²) in [6.07, 6.45) is 8.50. The Morgan fingerprint density at radius 3 is 1.36 bits per heavy atom. The van der Waals surface area contributed by atoms with Gasteiger partial charge >= 0.3 is 0 Å². The molecule has 0 aliphatic rings. The van der Waals surface area contributed by atoms with E-state index in [-0.39, 0.29) is 0 Å². The Bertz CT molecular complexity index is 1140. The molecule has 0 spiro atoms. The standard InChI is InChI=1S/C28H26/c1-5-7-21-11-15-25-23(17-21)13-9-19(3)27(25)28-20(4)10-14-24-18-22(8-6-2)12-16-26(24)28/h5-18H,1-4H3/b7-5+,8-6+. The van der Waals surface area contributed by atoms with Gasteiger partial charge < -0.3 is 0 Å². The second-order valence-electron chi connectivity index (χ2n) is 7.48. The van der Waals surface area contributed by atoms with Crippen molar-refractivity contribution < 1.29 is 0 Å². The summed E-state index contributed by atoms with van der Waals surface area (Å²) in [5, 5.41) is 5.22. The van der Waals surface area contributed by atoms with E-state index in [1.54, 1.807) is 0 Å². The molecule has 0 atom stereocenters. The third-order valence-electron chi connectivity index (χ3n) is 5.47. The monoisotopic (exact) mass is 362 g/mol. The molecule has 0 saturated heterocycles. The average molecular weight is 363 g/mol. The summed E-state index contributed by atoms with van der Waals surface area (Å²) in [6, 6.07) is 22.5. The largest absolute Gasteiger partial charge is 0.0871 e. The zero-order valence-corrected chi connectivity index (χ0v) is 17.1. The van der Waals surface area contributed by atoms with E-state index in [0.29, 0.717) is 0 Å². The van der Waals surface area contributed by atoms with Crippen LogP contribution in [0.5, 0.6) is 0 Å². The van der Waals surface area contributed by atoms with Crippen LogP contribution >= 0.6 is 0 Å². The first-order valence-electron chi connectivity index (χ1n) is 9.95. The molecule has 0 bridgehead atoms. The van der Waals surface area contributed by atoms with Crippen LogP contribution in [0.1, 0.15) is 36.1 Å². The van der Waals surface area contributed by atoms with Crippen molar-refractivity contribution in [3.8, 4) is 11.1 Å². The lowest BCUT2D eigenvalue weighted by molar-refractivity contribution is 1.44. The van der Waals surface area contributed by atoms with Crippen LogP contribution in [0, 0.1) is 13.8 Å². The molecule has 0 saturated carbocycles. The topological polar surface area (TPSA) is 0 Å².